The highest BCUT2D eigenvalue weighted by molar-refractivity contribution is 7.17. The minimum Gasteiger partial charge on any atom is -0.308 e. The number of pyridine rings is 2. The van der Waals surface area contributed by atoms with E-state index in [0.717, 1.165) is 32.6 Å². The second-order valence-electron chi connectivity index (χ2n) is 4.62. The monoisotopic (exact) mass is 304 g/mol. The number of hydrogen-bond donors (Lipinski definition) is 1. The lowest BCUT2D eigenvalue weighted by Crippen LogP contribution is -1.90. The second-order valence-corrected chi connectivity index (χ2v) is 5.53. The Hall–Kier alpha value is -2.84. The number of nitrogens with one attached hydrogen (secondary N) is 1. The molecule has 3 rings (SSSR count). The predicted molar refractivity (Wildman–Crippen MR) is 90.0 cm³/mol. The van der Waals surface area contributed by atoms with Gasteiger partial charge in [-0.25, -0.2) is 9.97 Å². The molecule has 22 heavy (non-hydrogen) atoms. The molecular weight excluding hydrogens is 292 g/mol. The second kappa shape index (κ2) is 5.88. The summed E-state index contributed by atoms with van der Waals surface area (Å²) in [5.41, 5.74) is 4.76. The minimum absolute atomic E-state index is 0.390. The molecular formula is C17H12N4S. The first-order valence-electron chi connectivity index (χ1n) is 6.68. The Kier molecular flexibility index (Phi) is 3.77. The molecule has 1 N–H and O–H groups in total. The van der Waals surface area contributed by atoms with Crippen molar-refractivity contribution in [1.29, 1.82) is 10.7 Å². The summed E-state index contributed by atoms with van der Waals surface area (Å²) in [5.74, 6) is 0. The van der Waals surface area contributed by atoms with E-state index < -0.39 is 0 Å². The van der Waals surface area contributed by atoms with Gasteiger partial charge in [0.1, 0.15) is 11.8 Å². The van der Waals surface area contributed by atoms with Gasteiger partial charge < -0.3 is 5.41 Å². The Balaban J connectivity index is 2.20. The number of fused-ring (bicyclic) bond motifs is 1. The summed E-state index contributed by atoms with van der Waals surface area (Å²) < 4.78 is 1.08. The van der Waals surface area contributed by atoms with E-state index in [0.29, 0.717) is 5.69 Å². The average molecular weight is 304 g/mol. The summed E-state index contributed by atoms with van der Waals surface area (Å²) in [4.78, 5) is 8.70. The van der Waals surface area contributed by atoms with E-state index in [1.807, 2.05) is 36.6 Å². The van der Waals surface area contributed by atoms with E-state index in [-0.39, 0.29) is 0 Å². The van der Waals surface area contributed by atoms with Crippen LogP contribution in [0.25, 0.3) is 26.9 Å². The van der Waals surface area contributed by atoms with Crippen LogP contribution in [0.15, 0.2) is 41.9 Å². The Morgan fingerprint density at radius 1 is 1.36 bits per heavy atom. The summed E-state index contributed by atoms with van der Waals surface area (Å²) in [6, 6.07) is 9.65. The molecule has 4 nitrogen and oxygen atoms in total. The smallest absolute Gasteiger partial charge is 0.141 e. The average Bonchev–Trinajstić information content (AvgIpc) is 2.99. The molecule has 3 aromatic heterocycles. The molecule has 0 aliphatic rings. The van der Waals surface area contributed by atoms with Crippen LogP contribution < -0.4 is 0 Å². The SMILES string of the molecule is C/C=C(\C=N)c1ccc2scc(-c3ccnc(C#N)c3)c2n1. The van der Waals surface area contributed by atoms with E-state index in [1.165, 1.54) is 6.21 Å². The Labute approximate surface area is 131 Å². The molecule has 0 fully saturated rings. The van der Waals surface area contributed by atoms with Crippen molar-refractivity contribution in [3.8, 4) is 17.2 Å². The molecule has 0 radical (unpaired) electrons. The van der Waals surface area contributed by atoms with Gasteiger partial charge in [0.15, 0.2) is 0 Å². The quantitative estimate of drug-likeness (QED) is 0.734. The van der Waals surface area contributed by atoms with Crippen molar-refractivity contribution < 1.29 is 0 Å². The van der Waals surface area contributed by atoms with Crippen LogP contribution >= 0.6 is 11.3 Å². The van der Waals surface area contributed by atoms with E-state index in [2.05, 4.69) is 11.1 Å². The van der Waals surface area contributed by atoms with Gasteiger partial charge in [-0.2, -0.15) is 5.26 Å². The zero-order valence-electron chi connectivity index (χ0n) is 11.9. The van der Waals surface area contributed by atoms with Crippen LogP contribution in [0.2, 0.25) is 0 Å². The molecule has 0 saturated carbocycles. The molecule has 0 bridgehead atoms. The molecule has 0 unspecified atom stereocenters. The standard InChI is InChI=1S/C17H12N4S/c1-2-11(8-18)15-3-4-16-17(21-15)14(10-22-16)12-5-6-20-13(7-12)9-19/h2-8,10,18H,1H3/b11-2+,18-8?. The molecule has 0 aromatic carbocycles. The lowest BCUT2D eigenvalue weighted by molar-refractivity contribution is 1.26. The van der Waals surface area contributed by atoms with Gasteiger partial charge in [0.2, 0.25) is 0 Å². The highest BCUT2D eigenvalue weighted by Crippen LogP contribution is 2.33. The third-order valence-electron chi connectivity index (χ3n) is 3.36. The number of rotatable bonds is 3. The molecule has 0 saturated heterocycles. The van der Waals surface area contributed by atoms with Gasteiger partial charge in [-0.15, -0.1) is 11.3 Å². The predicted octanol–water partition coefficient (Wildman–Crippen LogP) is 4.28. The zero-order chi connectivity index (χ0) is 15.5. The Morgan fingerprint density at radius 3 is 2.95 bits per heavy atom. The maximum atomic E-state index is 9.00. The lowest BCUT2D eigenvalue weighted by Gasteiger charge is -2.03. The van der Waals surface area contributed by atoms with Crippen LogP contribution in [0.5, 0.6) is 0 Å². The van der Waals surface area contributed by atoms with Crippen molar-refractivity contribution in [1.82, 2.24) is 9.97 Å². The first kappa shape index (κ1) is 14.1. The van der Waals surface area contributed by atoms with Crippen LogP contribution in [0, 0.1) is 16.7 Å². The summed E-state index contributed by atoms with van der Waals surface area (Å²) in [5, 5.41) is 18.5. The Morgan fingerprint density at radius 2 is 2.23 bits per heavy atom. The third kappa shape index (κ3) is 2.41. The summed E-state index contributed by atoms with van der Waals surface area (Å²) >= 11 is 1.62. The molecule has 0 spiro atoms. The normalized spacial score (nSPS) is 11.4. The molecule has 0 amide bonds. The number of thiophene rings is 1. The van der Waals surface area contributed by atoms with Crippen LogP contribution in [-0.2, 0) is 0 Å². The number of nitrogens with zero attached hydrogens (tertiary/aromatic N) is 3. The van der Waals surface area contributed by atoms with Gasteiger partial charge in [0.25, 0.3) is 0 Å². The molecule has 3 heterocycles. The van der Waals surface area contributed by atoms with Crippen molar-refractivity contribution >= 4 is 33.3 Å². The number of hydrogen-bond acceptors (Lipinski definition) is 5. The fourth-order valence-electron chi connectivity index (χ4n) is 2.24. The molecule has 106 valence electrons. The fourth-order valence-corrected chi connectivity index (χ4v) is 3.15. The van der Waals surface area contributed by atoms with Crippen molar-refractivity contribution in [2.45, 2.75) is 6.92 Å². The Bertz CT molecular complexity index is 931. The molecule has 3 aromatic rings. The van der Waals surface area contributed by atoms with Crippen LogP contribution in [-0.4, -0.2) is 16.2 Å². The largest absolute Gasteiger partial charge is 0.308 e. The molecule has 0 atom stereocenters. The topological polar surface area (TPSA) is 73.4 Å². The first-order valence-corrected chi connectivity index (χ1v) is 7.56. The van der Waals surface area contributed by atoms with E-state index in [9.17, 15) is 0 Å². The molecule has 0 aliphatic heterocycles. The van der Waals surface area contributed by atoms with Gasteiger partial charge in [-0.3, -0.25) is 0 Å². The number of aromatic nitrogens is 2. The highest BCUT2D eigenvalue weighted by Gasteiger charge is 2.10. The van der Waals surface area contributed by atoms with Gasteiger partial charge in [0.05, 0.1) is 15.9 Å². The number of nitriles is 1. The molecule has 0 aliphatic carbocycles. The maximum Gasteiger partial charge on any atom is 0.141 e. The third-order valence-corrected chi connectivity index (χ3v) is 4.30. The minimum atomic E-state index is 0.390. The van der Waals surface area contributed by atoms with Crippen molar-refractivity contribution in [3.63, 3.8) is 0 Å². The lowest BCUT2D eigenvalue weighted by atomic mass is 10.1. The van der Waals surface area contributed by atoms with Crippen molar-refractivity contribution in [2.24, 2.45) is 0 Å². The summed E-state index contributed by atoms with van der Waals surface area (Å²) in [6.07, 6.45) is 4.81. The zero-order valence-corrected chi connectivity index (χ0v) is 12.7. The van der Waals surface area contributed by atoms with Gasteiger partial charge in [-0.1, -0.05) is 6.08 Å². The van der Waals surface area contributed by atoms with Crippen molar-refractivity contribution in [2.75, 3.05) is 0 Å². The van der Waals surface area contributed by atoms with E-state index >= 15 is 0 Å². The van der Waals surface area contributed by atoms with Crippen LogP contribution in [0.4, 0.5) is 0 Å². The van der Waals surface area contributed by atoms with Gasteiger partial charge in [0, 0.05) is 28.9 Å². The van der Waals surface area contributed by atoms with E-state index in [4.69, 9.17) is 15.7 Å². The first-order chi connectivity index (χ1) is 10.8. The van der Waals surface area contributed by atoms with Gasteiger partial charge in [-0.05, 0) is 36.8 Å². The maximum absolute atomic E-state index is 9.00. The van der Waals surface area contributed by atoms with Crippen molar-refractivity contribution in [3.05, 3.63) is 53.3 Å². The van der Waals surface area contributed by atoms with Gasteiger partial charge >= 0.3 is 0 Å². The van der Waals surface area contributed by atoms with Crippen LogP contribution in [0.3, 0.4) is 0 Å². The highest BCUT2D eigenvalue weighted by atomic mass is 32.1. The van der Waals surface area contributed by atoms with E-state index in [1.54, 1.807) is 23.6 Å². The number of allylic oxidation sites excluding steroid dienone is 2. The summed E-state index contributed by atoms with van der Waals surface area (Å²) in [7, 11) is 0. The summed E-state index contributed by atoms with van der Waals surface area (Å²) in [6.45, 7) is 1.89. The van der Waals surface area contributed by atoms with Crippen LogP contribution in [0.1, 0.15) is 18.3 Å². The fraction of sp³-hybridized carbons (Fsp3) is 0.0588. The molecule has 5 heteroatoms.